The summed E-state index contributed by atoms with van der Waals surface area (Å²) in [6.45, 7) is 2.68. The number of hydrogen-bond donors (Lipinski definition) is 1. The highest BCUT2D eigenvalue weighted by Gasteiger charge is 2.28. The molecule has 1 aromatic carbocycles. The van der Waals surface area contributed by atoms with E-state index in [4.69, 9.17) is 5.11 Å². The van der Waals surface area contributed by atoms with Crippen LogP contribution in [0.5, 0.6) is 0 Å². The highest BCUT2D eigenvalue weighted by Crippen LogP contribution is 2.32. The SMILES string of the molecule is CCC(=O)N1CCCC1c1cccc(CC(=O)O)c1. The van der Waals surface area contributed by atoms with Crippen LogP contribution in [0.4, 0.5) is 0 Å². The van der Waals surface area contributed by atoms with E-state index in [1.54, 1.807) is 0 Å². The first-order valence-corrected chi connectivity index (χ1v) is 6.72. The summed E-state index contributed by atoms with van der Waals surface area (Å²) < 4.78 is 0. The molecule has 0 saturated carbocycles. The number of likely N-dealkylation sites (tertiary alicyclic amines) is 1. The Labute approximate surface area is 113 Å². The molecule has 0 aliphatic carbocycles. The monoisotopic (exact) mass is 261 g/mol. The molecule has 1 aliphatic rings. The minimum Gasteiger partial charge on any atom is -0.481 e. The van der Waals surface area contributed by atoms with E-state index < -0.39 is 5.97 Å². The van der Waals surface area contributed by atoms with Crippen LogP contribution in [-0.2, 0) is 16.0 Å². The maximum Gasteiger partial charge on any atom is 0.307 e. The first-order valence-electron chi connectivity index (χ1n) is 6.72. The van der Waals surface area contributed by atoms with Crippen molar-refractivity contribution in [2.75, 3.05) is 6.54 Å². The second-order valence-corrected chi connectivity index (χ2v) is 4.91. The van der Waals surface area contributed by atoms with Gasteiger partial charge >= 0.3 is 5.97 Å². The molecule has 1 aliphatic heterocycles. The Balaban J connectivity index is 2.20. The van der Waals surface area contributed by atoms with Gasteiger partial charge in [-0.2, -0.15) is 0 Å². The molecule has 0 bridgehead atoms. The Kier molecular flexibility index (Phi) is 4.20. The van der Waals surface area contributed by atoms with Gasteiger partial charge in [0.25, 0.3) is 0 Å². The van der Waals surface area contributed by atoms with Gasteiger partial charge < -0.3 is 10.0 Å². The molecular formula is C15H19NO3. The second kappa shape index (κ2) is 5.87. The van der Waals surface area contributed by atoms with E-state index in [0.717, 1.165) is 30.5 Å². The Morgan fingerprint density at radius 1 is 1.42 bits per heavy atom. The lowest BCUT2D eigenvalue weighted by atomic mass is 10.0. The molecular weight excluding hydrogens is 242 g/mol. The van der Waals surface area contributed by atoms with E-state index in [1.165, 1.54) is 0 Å². The summed E-state index contributed by atoms with van der Waals surface area (Å²) in [7, 11) is 0. The number of carboxylic acid groups (broad SMARTS) is 1. The van der Waals surface area contributed by atoms with Crippen molar-refractivity contribution < 1.29 is 14.7 Å². The van der Waals surface area contributed by atoms with Crippen molar-refractivity contribution in [2.24, 2.45) is 0 Å². The lowest BCUT2D eigenvalue weighted by Crippen LogP contribution is -2.29. The molecule has 1 amide bonds. The van der Waals surface area contributed by atoms with Crippen LogP contribution in [0.25, 0.3) is 0 Å². The second-order valence-electron chi connectivity index (χ2n) is 4.91. The molecule has 2 rings (SSSR count). The van der Waals surface area contributed by atoms with Crippen molar-refractivity contribution in [3.05, 3.63) is 35.4 Å². The van der Waals surface area contributed by atoms with Crippen LogP contribution in [0.15, 0.2) is 24.3 Å². The molecule has 4 heteroatoms. The third-order valence-electron chi connectivity index (χ3n) is 3.57. The van der Waals surface area contributed by atoms with Gasteiger partial charge in [-0.3, -0.25) is 9.59 Å². The van der Waals surface area contributed by atoms with Crippen LogP contribution in [0.3, 0.4) is 0 Å². The number of hydrogen-bond acceptors (Lipinski definition) is 2. The van der Waals surface area contributed by atoms with Crippen molar-refractivity contribution in [2.45, 2.75) is 38.6 Å². The van der Waals surface area contributed by atoms with E-state index >= 15 is 0 Å². The van der Waals surface area contributed by atoms with Crippen LogP contribution in [0, 0.1) is 0 Å². The van der Waals surface area contributed by atoms with Crippen molar-refractivity contribution in [3.8, 4) is 0 Å². The number of carbonyl (C=O) groups excluding carboxylic acids is 1. The van der Waals surface area contributed by atoms with E-state index in [2.05, 4.69) is 0 Å². The Hall–Kier alpha value is -1.84. The number of aliphatic carboxylic acids is 1. The van der Waals surface area contributed by atoms with E-state index in [1.807, 2.05) is 36.1 Å². The van der Waals surface area contributed by atoms with Crippen molar-refractivity contribution in [3.63, 3.8) is 0 Å². The fourth-order valence-electron chi connectivity index (χ4n) is 2.70. The molecule has 1 saturated heterocycles. The zero-order valence-electron chi connectivity index (χ0n) is 11.1. The predicted molar refractivity (Wildman–Crippen MR) is 71.8 cm³/mol. The van der Waals surface area contributed by atoms with Gasteiger partial charge in [-0.1, -0.05) is 31.2 Å². The zero-order valence-corrected chi connectivity index (χ0v) is 11.1. The predicted octanol–water partition coefficient (Wildman–Crippen LogP) is 2.39. The van der Waals surface area contributed by atoms with Gasteiger partial charge in [0.2, 0.25) is 5.91 Å². The number of carboxylic acids is 1. The average Bonchev–Trinajstić information content (AvgIpc) is 2.86. The van der Waals surface area contributed by atoms with Crippen LogP contribution < -0.4 is 0 Å². The first kappa shape index (κ1) is 13.6. The van der Waals surface area contributed by atoms with Crippen LogP contribution >= 0.6 is 0 Å². The summed E-state index contributed by atoms with van der Waals surface area (Å²) in [5, 5.41) is 8.84. The molecule has 1 heterocycles. The van der Waals surface area contributed by atoms with Crippen molar-refractivity contribution in [1.29, 1.82) is 0 Å². The standard InChI is InChI=1S/C15H19NO3/c1-2-14(17)16-8-4-7-13(16)12-6-3-5-11(9-12)10-15(18)19/h3,5-6,9,13H,2,4,7-8,10H2,1H3,(H,18,19). The summed E-state index contributed by atoms with van der Waals surface area (Å²) in [5.74, 6) is -0.656. The van der Waals surface area contributed by atoms with Crippen molar-refractivity contribution in [1.82, 2.24) is 4.90 Å². The number of carbonyl (C=O) groups is 2. The smallest absolute Gasteiger partial charge is 0.307 e. The van der Waals surface area contributed by atoms with Crippen LogP contribution in [0.1, 0.15) is 43.4 Å². The lowest BCUT2D eigenvalue weighted by molar-refractivity contribution is -0.136. The molecule has 102 valence electrons. The van der Waals surface area contributed by atoms with Gasteiger partial charge in [-0.25, -0.2) is 0 Å². The lowest BCUT2D eigenvalue weighted by Gasteiger charge is -2.25. The molecule has 1 unspecified atom stereocenters. The summed E-state index contributed by atoms with van der Waals surface area (Å²) in [6.07, 6.45) is 2.52. The van der Waals surface area contributed by atoms with Crippen LogP contribution in [0.2, 0.25) is 0 Å². The number of nitrogens with zero attached hydrogens (tertiary/aromatic N) is 1. The summed E-state index contributed by atoms with van der Waals surface area (Å²) in [5.41, 5.74) is 1.85. The molecule has 1 N–H and O–H groups in total. The largest absolute Gasteiger partial charge is 0.481 e. The Morgan fingerprint density at radius 2 is 2.21 bits per heavy atom. The third kappa shape index (κ3) is 3.13. The molecule has 4 nitrogen and oxygen atoms in total. The van der Waals surface area contributed by atoms with Gasteiger partial charge in [0.05, 0.1) is 12.5 Å². The highest BCUT2D eigenvalue weighted by atomic mass is 16.4. The molecule has 1 fully saturated rings. The van der Waals surface area contributed by atoms with Gasteiger partial charge in [0.15, 0.2) is 0 Å². The zero-order chi connectivity index (χ0) is 13.8. The molecule has 0 aromatic heterocycles. The quantitative estimate of drug-likeness (QED) is 0.905. The van der Waals surface area contributed by atoms with Gasteiger partial charge in [0, 0.05) is 13.0 Å². The average molecular weight is 261 g/mol. The maximum atomic E-state index is 11.9. The van der Waals surface area contributed by atoms with Crippen molar-refractivity contribution >= 4 is 11.9 Å². The third-order valence-corrected chi connectivity index (χ3v) is 3.57. The van der Waals surface area contributed by atoms with Crippen LogP contribution in [-0.4, -0.2) is 28.4 Å². The van der Waals surface area contributed by atoms with E-state index in [-0.39, 0.29) is 18.4 Å². The van der Waals surface area contributed by atoms with Gasteiger partial charge in [0.1, 0.15) is 0 Å². The topological polar surface area (TPSA) is 57.6 Å². The first-order chi connectivity index (χ1) is 9.11. The molecule has 0 radical (unpaired) electrons. The fourth-order valence-corrected chi connectivity index (χ4v) is 2.70. The highest BCUT2D eigenvalue weighted by molar-refractivity contribution is 5.76. The Bertz CT molecular complexity index is 484. The molecule has 1 aromatic rings. The number of rotatable bonds is 4. The molecule has 0 spiro atoms. The Morgan fingerprint density at radius 3 is 2.89 bits per heavy atom. The summed E-state index contributed by atoms with van der Waals surface area (Å²) in [4.78, 5) is 24.6. The fraction of sp³-hybridized carbons (Fsp3) is 0.467. The minimum atomic E-state index is -0.829. The van der Waals surface area contributed by atoms with Gasteiger partial charge in [-0.05, 0) is 24.0 Å². The summed E-state index contributed by atoms with van der Waals surface area (Å²) in [6, 6.07) is 7.71. The normalized spacial score (nSPS) is 18.6. The maximum absolute atomic E-state index is 11.9. The number of benzene rings is 1. The van der Waals surface area contributed by atoms with Gasteiger partial charge in [-0.15, -0.1) is 0 Å². The minimum absolute atomic E-state index is 0.0300. The van der Waals surface area contributed by atoms with E-state index in [9.17, 15) is 9.59 Å². The van der Waals surface area contributed by atoms with E-state index in [0.29, 0.717) is 6.42 Å². The number of amides is 1. The molecule has 1 atom stereocenters. The summed E-state index contributed by atoms with van der Waals surface area (Å²) >= 11 is 0. The molecule has 19 heavy (non-hydrogen) atoms.